The molecule has 0 aliphatic carbocycles. The number of anilines is 1. The Kier molecular flexibility index (Phi) is 7.15. The van der Waals surface area contributed by atoms with Crippen molar-refractivity contribution in [1.82, 2.24) is 0 Å². The van der Waals surface area contributed by atoms with Gasteiger partial charge in [-0.05, 0) is 36.8 Å². The summed E-state index contributed by atoms with van der Waals surface area (Å²) in [5, 5.41) is 3.21. The molecule has 0 spiro atoms. The number of nitrogens with one attached hydrogen (secondary N) is 1. The molecule has 0 aliphatic heterocycles. The van der Waals surface area contributed by atoms with Crippen LogP contribution in [0.25, 0.3) is 0 Å². The first-order chi connectivity index (χ1) is 11.5. The molecular weight excluding hydrogens is 346 g/mol. The topological polar surface area (TPSA) is 55.4 Å². The van der Waals surface area contributed by atoms with Gasteiger partial charge in [-0.2, -0.15) is 0 Å². The van der Waals surface area contributed by atoms with E-state index in [1.54, 1.807) is 23.9 Å². The van der Waals surface area contributed by atoms with E-state index in [-0.39, 0.29) is 18.9 Å². The van der Waals surface area contributed by atoms with Crippen LogP contribution in [0.5, 0.6) is 0 Å². The minimum absolute atomic E-state index is 0.253. The zero-order valence-electron chi connectivity index (χ0n) is 13.3. The molecule has 0 aliphatic rings. The van der Waals surface area contributed by atoms with Crippen molar-refractivity contribution in [3.05, 3.63) is 59.1 Å². The van der Waals surface area contributed by atoms with E-state index in [1.165, 1.54) is 0 Å². The second-order valence-electron chi connectivity index (χ2n) is 5.08. The number of ether oxygens (including phenoxy) is 1. The van der Waals surface area contributed by atoms with Crippen LogP contribution < -0.4 is 5.32 Å². The van der Waals surface area contributed by atoms with Crippen molar-refractivity contribution in [2.75, 3.05) is 17.7 Å². The summed E-state index contributed by atoms with van der Waals surface area (Å²) in [5.41, 5.74) is 1.50. The predicted octanol–water partition coefficient (Wildman–Crippen LogP) is 4.31. The highest BCUT2D eigenvalue weighted by Gasteiger charge is 2.09. The lowest BCUT2D eigenvalue weighted by Gasteiger charge is -2.08. The predicted molar refractivity (Wildman–Crippen MR) is 97.6 cm³/mol. The molecule has 0 fully saturated rings. The molecule has 2 rings (SSSR count). The third kappa shape index (κ3) is 6.26. The van der Waals surface area contributed by atoms with Crippen molar-refractivity contribution in [3.63, 3.8) is 0 Å². The van der Waals surface area contributed by atoms with Crippen molar-refractivity contribution in [3.8, 4) is 0 Å². The summed E-state index contributed by atoms with van der Waals surface area (Å²) >= 11 is 7.57. The molecule has 1 N–H and O–H groups in total. The quantitative estimate of drug-likeness (QED) is 0.588. The summed E-state index contributed by atoms with van der Waals surface area (Å²) in [6.45, 7) is 1.57. The van der Waals surface area contributed by atoms with Gasteiger partial charge < -0.3 is 10.1 Å². The summed E-state index contributed by atoms with van der Waals surface area (Å²) in [5.74, 6) is -0.174. The number of hydrogen-bond donors (Lipinski definition) is 1. The van der Waals surface area contributed by atoms with E-state index in [2.05, 4.69) is 5.32 Å². The Balaban J connectivity index is 1.67. The van der Waals surface area contributed by atoms with E-state index in [1.807, 2.05) is 43.3 Å². The minimum Gasteiger partial charge on any atom is -0.456 e. The summed E-state index contributed by atoms with van der Waals surface area (Å²) in [4.78, 5) is 24.5. The summed E-state index contributed by atoms with van der Waals surface area (Å²) in [6.07, 6.45) is 0.253. The highest BCUT2D eigenvalue weighted by molar-refractivity contribution is 7.99. The molecule has 0 radical (unpaired) electrons. The third-order valence-corrected chi connectivity index (χ3v) is 4.56. The number of carbonyl (C=O) groups is 2. The van der Waals surface area contributed by atoms with Crippen LogP contribution in [0.4, 0.5) is 5.69 Å². The molecule has 0 atom stereocenters. The Morgan fingerprint density at radius 1 is 1.17 bits per heavy atom. The number of rotatable bonds is 7. The molecule has 0 saturated carbocycles. The van der Waals surface area contributed by atoms with Crippen molar-refractivity contribution >= 4 is 40.9 Å². The number of aryl methyl sites for hydroxylation is 1. The van der Waals surface area contributed by atoms with E-state index >= 15 is 0 Å². The summed E-state index contributed by atoms with van der Waals surface area (Å²) in [7, 11) is 0. The molecule has 0 aromatic heterocycles. The van der Waals surface area contributed by atoms with Gasteiger partial charge >= 0.3 is 5.97 Å². The smallest absolute Gasteiger partial charge is 0.307 e. The lowest BCUT2D eigenvalue weighted by molar-refractivity contribution is -0.146. The largest absolute Gasteiger partial charge is 0.456 e. The lowest BCUT2D eigenvalue weighted by atomic mass is 10.2. The first kappa shape index (κ1) is 18.4. The van der Waals surface area contributed by atoms with E-state index in [0.29, 0.717) is 16.5 Å². The summed E-state index contributed by atoms with van der Waals surface area (Å²) in [6, 6.07) is 15.0. The number of carbonyl (C=O) groups excluding carboxylic acids is 2. The monoisotopic (exact) mass is 363 g/mol. The molecule has 2 aromatic carbocycles. The van der Waals surface area contributed by atoms with Crippen molar-refractivity contribution < 1.29 is 14.3 Å². The van der Waals surface area contributed by atoms with E-state index in [9.17, 15) is 9.59 Å². The highest BCUT2D eigenvalue weighted by atomic mass is 35.5. The standard InChI is InChI=1S/C18H18ClNO3S/c1-13-7-8-14(11-16(13)19)20-17(21)12-23-18(22)9-10-24-15-5-3-2-4-6-15/h2-8,11H,9-10,12H2,1H3,(H,20,21). The first-order valence-electron chi connectivity index (χ1n) is 7.44. The fraction of sp³-hybridized carbons (Fsp3) is 0.222. The van der Waals surface area contributed by atoms with Crippen molar-refractivity contribution in [2.24, 2.45) is 0 Å². The average molecular weight is 364 g/mol. The zero-order valence-corrected chi connectivity index (χ0v) is 14.8. The van der Waals surface area contributed by atoms with E-state index in [0.717, 1.165) is 10.5 Å². The second-order valence-corrected chi connectivity index (χ2v) is 6.66. The van der Waals surface area contributed by atoms with Crippen LogP contribution in [-0.4, -0.2) is 24.2 Å². The second kappa shape index (κ2) is 9.35. The van der Waals surface area contributed by atoms with Gasteiger partial charge in [0.2, 0.25) is 0 Å². The normalized spacial score (nSPS) is 10.2. The molecular formula is C18H18ClNO3S. The van der Waals surface area contributed by atoms with Crippen LogP contribution in [0.3, 0.4) is 0 Å². The number of hydrogen-bond acceptors (Lipinski definition) is 4. The molecule has 0 saturated heterocycles. The number of halogens is 1. The van der Waals surface area contributed by atoms with Crippen LogP contribution in [0.2, 0.25) is 5.02 Å². The van der Waals surface area contributed by atoms with Gasteiger partial charge in [-0.15, -0.1) is 11.8 Å². The molecule has 126 valence electrons. The number of thioether (sulfide) groups is 1. The molecule has 1 amide bonds. The van der Waals surface area contributed by atoms with Gasteiger partial charge in [-0.25, -0.2) is 0 Å². The molecule has 4 nitrogen and oxygen atoms in total. The van der Waals surface area contributed by atoms with Crippen LogP contribution in [0.15, 0.2) is 53.4 Å². The van der Waals surface area contributed by atoms with E-state index in [4.69, 9.17) is 16.3 Å². The fourth-order valence-corrected chi connectivity index (χ4v) is 2.89. The maximum absolute atomic E-state index is 11.8. The van der Waals surface area contributed by atoms with Crippen LogP contribution in [0, 0.1) is 6.92 Å². The fourth-order valence-electron chi connectivity index (χ4n) is 1.85. The molecule has 0 bridgehead atoms. The van der Waals surface area contributed by atoms with Gasteiger partial charge in [0.1, 0.15) is 0 Å². The number of esters is 1. The molecule has 0 heterocycles. The third-order valence-electron chi connectivity index (χ3n) is 3.14. The van der Waals surface area contributed by atoms with Crippen LogP contribution in [-0.2, 0) is 14.3 Å². The van der Waals surface area contributed by atoms with Crippen molar-refractivity contribution in [2.45, 2.75) is 18.2 Å². The Morgan fingerprint density at radius 2 is 1.92 bits per heavy atom. The lowest BCUT2D eigenvalue weighted by Crippen LogP contribution is -2.21. The highest BCUT2D eigenvalue weighted by Crippen LogP contribution is 2.20. The van der Waals surface area contributed by atoms with Crippen molar-refractivity contribution in [1.29, 1.82) is 0 Å². The average Bonchev–Trinajstić information content (AvgIpc) is 2.57. The Hall–Kier alpha value is -1.98. The maximum Gasteiger partial charge on any atom is 0.307 e. The Labute approximate surface area is 150 Å². The number of amides is 1. The zero-order chi connectivity index (χ0) is 17.4. The van der Waals surface area contributed by atoms with Gasteiger partial charge in [0.15, 0.2) is 6.61 Å². The Bertz CT molecular complexity index is 707. The number of benzene rings is 2. The minimum atomic E-state index is -0.393. The van der Waals surface area contributed by atoms with Gasteiger partial charge in [0, 0.05) is 21.4 Å². The molecule has 2 aromatic rings. The van der Waals surface area contributed by atoms with Gasteiger partial charge in [0.25, 0.3) is 5.91 Å². The van der Waals surface area contributed by atoms with E-state index < -0.39 is 5.97 Å². The SMILES string of the molecule is Cc1ccc(NC(=O)COC(=O)CCSc2ccccc2)cc1Cl. The van der Waals surface area contributed by atoms with Gasteiger partial charge in [-0.3, -0.25) is 9.59 Å². The van der Waals surface area contributed by atoms with Crippen LogP contribution in [0.1, 0.15) is 12.0 Å². The van der Waals surface area contributed by atoms with Crippen LogP contribution >= 0.6 is 23.4 Å². The summed E-state index contributed by atoms with van der Waals surface area (Å²) < 4.78 is 4.97. The first-order valence-corrected chi connectivity index (χ1v) is 8.80. The van der Waals surface area contributed by atoms with Gasteiger partial charge in [-0.1, -0.05) is 35.9 Å². The molecule has 24 heavy (non-hydrogen) atoms. The molecule has 0 unspecified atom stereocenters. The molecule has 6 heteroatoms. The maximum atomic E-state index is 11.8. The van der Waals surface area contributed by atoms with Gasteiger partial charge in [0.05, 0.1) is 6.42 Å². The Morgan fingerprint density at radius 3 is 2.62 bits per heavy atom.